The number of hydrogen-bond acceptors (Lipinski definition) is 5. The predicted octanol–water partition coefficient (Wildman–Crippen LogP) is 2.89. The van der Waals surface area contributed by atoms with Gasteiger partial charge >= 0.3 is 0 Å². The molecule has 5 nitrogen and oxygen atoms in total. The molecule has 0 aliphatic carbocycles. The van der Waals surface area contributed by atoms with Crippen LogP contribution in [-0.2, 0) is 6.54 Å². The lowest BCUT2D eigenvalue weighted by Gasteiger charge is -2.33. The number of furan rings is 1. The lowest BCUT2D eigenvalue weighted by molar-refractivity contribution is 0.185. The van der Waals surface area contributed by atoms with Crippen LogP contribution in [0.2, 0.25) is 0 Å². The fourth-order valence-electron chi connectivity index (χ4n) is 3.11. The lowest BCUT2D eigenvalue weighted by atomic mass is 10.2. The van der Waals surface area contributed by atoms with Crippen molar-refractivity contribution in [2.75, 3.05) is 18.1 Å². The summed E-state index contributed by atoms with van der Waals surface area (Å²) < 4.78 is 7.42. The molecule has 0 spiro atoms. The van der Waals surface area contributed by atoms with Gasteiger partial charge in [-0.2, -0.15) is 11.8 Å². The van der Waals surface area contributed by atoms with E-state index in [-0.39, 0.29) is 11.6 Å². The van der Waals surface area contributed by atoms with Gasteiger partial charge in [-0.15, -0.1) is 0 Å². The molecule has 6 heteroatoms. The van der Waals surface area contributed by atoms with E-state index < -0.39 is 0 Å². The van der Waals surface area contributed by atoms with Gasteiger partial charge in [0.25, 0.3) is 5.56 Å². The van der Waals surface area contributed by atoms with Crippen LogP contribution in [0, 0.1) is 6.92 Å². The highest BCUT2D eigenvalue weighted by molar-refractivity contribution is 7.99. The maximum Gasteiger partial charge on any atom is 0.258 e. The molecular weight excluding hydrogens is 322 g/mol. The minimum absolute atomic E-state index is 0.0348. The Balaban J connectivity index is 1.64. The number of thioether (sulfide) groups is 1. The van der Waals surface area contributed by atoms with E-state index in [1.54, 1.807) is 16.7 Å². The summed E-state index contributed by atoms with van der Waals surface area (Å²) in [6.45, 7) is 3.59. The van der Waals surface area contributed by atoms with E-state index in [2.05, 4.69) is 16.0 Å². The summed E-state index contributed by atoms with van der Waals surface area (Å²) in [5.41, 5.74) is 1.47. The number of rotatable bonds is 3. The Hall–Kier alpha value is -2.05. The minimum Gasteiger partial charge on any atom is -0.465 e. The molecule has 1 atom stereocenters. The Kier molecular flexibility index (Phi) is 4.16. The zero-order valence-electron chi connectivity index (χ0n) is 13.5. The highest BCUT2D eigenvalue weighted by Crippen LogP contribution is 2.31. The third-order valence-corrected chi connectivity index (χ3v) is 5.34. The van der Waals surface area contributed by atoms with Crippen molar-refractivity contribution >= 4 is 17.4 Å². The number of fused-ring (bicyclic) bond motifs is 1. The van der Waals surface area contributed by atoms with Gasteiger partial charge in [-0.3, -0.25) is 14.1 Å². The van der Waals surface area contributed by atoms with Crippen molar-refractivity contribution in [1.82, 2.24) is 14.3 Å². The molecule has 124 valence electrons. The van der Waals surface area contributed by atoms with Gasteiger partial charge in [0.1, 0.15) is 17.2 Å². The van der Waals surface area contributed by atoms with Gasteiger partial charge in [0.2, 0.25) is 0 Å². The molecule has 3 aromatic heterocycles. The molecule has 3 aromatic rings. The number of aromatic nitrogens is 2. The third-order valence-electron chi connectivity index (χ3n) is 4.32. The van der Waals surface area contributed by atoms with Crippen LogP contribution in [0.1, 0.15) is 23.3 Å². The van der Waals surface area contributed by atoms with Crippen LogP contribution in [0.25, 0.3) is 5.65 Å². The van der Waals surface area contributed by atoms with Crippen molar-refractivity contribution in [3.63, 3.8) is 0 Å². The van der Waals surface area contributed by atoms with E-state index in [1.807, 2.05) is 43.0 Å². The molecule has 4 heterocycles. The zero-order chi connectivity index (χ0) is 16.5. The first-order chi connectivity index (χ1) is 11.7. The first-order valence-corrected chi connectivity index (χ1v) is 9.21. The van der Waals surface area contributed by atoms with Crippen LogP contribution in [0.4, 0.5) is 0 Å². The van der Waals surface area contributed by atoms with Crippen LogP contribution in [0.15, 0.2) is 51.8 Å². The molecular formula is C18H19N3O2S. The number of aryl methyl sites for hydroxylation is 1. The van der Waals surface area contributed by atoms with Gasteiger partial charge < -0.3 is 4.42 Å². The minimum atomic E-state index is -0.0348. The Morgan fingerprint density at radius 2 is 2.25 bits per heavy atom. The van der Waals surface area contributed by atoms with E-state index in [4.69, 9.17) is 4.42 Å². The summed E-state index contributed by atoms with van der Waals surface area (Å²) in [5, 5.41) is 0. The number of nitrogens with zero attached hydrogens (tertiary/aromatic N) is 3. The van der Waals surface area contributed by atoms with Crippen molar-refractivity contribution in [2.24, 2.45) is 0 Å². The average molecular weight is 341 g/mol. The van der Waals surface area contributed by atoms with Crippen molar-refractivity contribution in [3.8, 4) is 0 Å². The van der Waals surface area contributed by atoms with Gasteiger partial charge in [-0.05, 0) is 31.2 Å². The van der Waals surface area contributed by atoms with Gasteiger partial charge in [-0.1, -0.05) is 6.07 Å². The molecule has 0 N–H and O–H groups in total. The molecule has 1 aliphatic heterocycles. The average Bonchev–Trinajstić information content (AvgIpc) is 3.02. The quantitative estimate of drug-likeness (QED) is 0.733. The predicted molar refractivity (Wildman–Crippen MR) is 95.4 cm³/mol. The van der Waals surface area contributed by atoms with Gasteiger partial charge in [0.15, 0.2) is 0 Å². The summed E-state index contributed by atoms with van der Waals surface area (Å²) in [5.74, 6) is 4.02. The van der Waals surface area contributed by atoms with Crippen molar-refractivity contribution in [3.05, 3.63) is 70.2 Å². The smallest absolute Gasteiger partial charge is 0.258 e. The lowest BCUT2D eigenvalue weighted by Crippen LogP contribution is -2.36. The maximum absolute atomic E-state index is 12.3. The van der Waals surface area contributed by atoms with E-state index in [9.17, 15) is 4.79 Å². The maximum atomic E-state index is 12.3. The molecule has 1 saturated heterocycles. The molecule has 1 aliphatic rings. The zero-order valence-corrected chi connectivity index (χ0v) is 14.3. The first kappa shape index (κ1) is 15.5. The highest BCUT2D eigenvalue weighted by atomic mass is 32.2. The van der Waals surface area contributed by atoms with Crippen molar-refractivity contribution < 1.29 is 4.42 Å². The molecule has 24 heavy (non-hydrogen) atoms. The topological polar surface area (TPSA) is 50.8 Å². The van der Waals surface area contributed by atoms with Crippen molar-refractivity contribution in [2.45, 2.75) is 19.5 Å². The SMILES string of the molecule is Cc1ccc(C2CSCCN2Cc2cc(=O)n3ccccc3n2)o1. The molecule has 1 fully saturated rings. The fraction of sp³-hybridized carbons (Fsp3) is 0.333. The Labute approximate surface area is 144 Å². The summed E-state index contributed by atoms with van der Waals surface area (Å²) in [6, 6.07) is 11.5. The Bertz CT molecular complexity index is 918. The largest absolute Gasteiger partial charge is 0.465 e. The Morgan fingerprint density at radius 3 is 3.08 bits per heavy atom. The van der Waals surface area contributed by atoms with Gasteiger partial charge in [0.05, 0.1) is 11.7 Å². The van der Waals surface area contributed by atoms with E-state index >= 15 is 0 Å². The normalized spacial score (nSPS) is 19.0. The number of hydrogen-bond donors (Lipinski definition) is 0. The summed E-state index contributed by atoms with van der Waals surface area (Å²) >= 11 is 1.94. The second-order valence-electron chi connectivity index (χ2n) is 6.02. The van der Waals surface area contributed by atoms with E-state index in [1.165, 1.54) is 0 Å². The number of pyridine rings is 1. The summed E-state index contributed by atoms with van der Waals surface area (Å²) in [6.07, 6.45) is 1.75. The highest BCUT2D eigenvalue weighted by Gasteiger charge is 2.27. The molecule has 0 saturated carbocycles. The molecule has 0 aromatic carbocycles. The second-order valence-corrected chi connectivity index (χ2v) is 7.17. The summed E-state index contributed by atoms with van der Waals surface area (Å²) in [7, 11) is 0. The summed E-state index contributed by atoms with van der Waals surface area (Å²) in [4.78, 5) is 19.3. The van der Waals surface area contributed by atoms with Crippen LogP contribution >= 0.6 is 11.8 Å². The molecule has 0 bridgehead atoms. The van der Waals surface area contributed by atoms with Crippen LogP contribution in [0.5, 0.6) is 0 Å². The van der Waals surface area contributed by atoms with E-state index in [0.717, 1.165) is 35.3 Å². The first-order valence-electron chi connectivity index (χ1n) is 8.06. The molecule has 0 radical (unpaired) electrons. The monoisotopic (exact) mass is 341 g/mol. The fourth-order valence-corrected chi connectivity index (χ4v) is 4.24. The molecule has 4 rings (SSSR count). The molecule has 0 amide bonds. The van der Waals surface area contributed by atoms with Crippen LogP contribution in [0.3, 0.4) is 0 Å². The second kappa shape index (κ2) is 6.45. The van der Waals surface area contributed by atoms with Crippen molar-refractivity contribution in [1.29, 1.82) is 0 Å². The van der Waals surface area contributed by atoms with Crippen LogP contribution < -0.4 is 5.56 Å². The van der Waals surface area contributed by atoms with Gasteiger partial charge in [0, 0.05) is 36.9 Å². The van der Waals surface area contributed by atoms with E-state index in [0.29, 0.717) is 12.2 Å². The van der Waals surface area contributed by atoms with Gasteiger partial charge in [-0.25, -0.2) is 4.98 Å². The Morgan fingerprint density at radius 1 is 1.33 bits per heavy atom. The standard InChI is InChI=1S/C18H19N3O2S/c1-13-5-6-16(23-13)15-12-24-9-8-20(15)11-14-10-18(22)21-7-3-2-4-17(21)19-14/h2-7,10,15H,8-9,11-12H2,1H3. The van der Waals surface area contributed by atoms with Crippen LogP contribution in [-0.4, -0.2) is 32.3 Å². The molecule has 1 unspecified atom stereocenters. The third kappa shape index (κ3) is 2.99.